The van der Waals surface area contributed by atoms with E-state index < -0.39 is 0 Å². The average molecular weight is 1690 g/mol. The summed E-state index contributed by atoms with van der Waals surface area (Å²) in [6.45, 7) is 4.15. The minimum Gasteiger partial charge on any atom is -0.265 e. The van der Waals surface area contributed by atoms with Crippen LogP contribution in [0.25, 0.3) is 254 Å². The summed E-state index contributed by atoms with van der Waals surface area (Å²) in [6, 6.07) is 124. The van der Waals surface area contributed by atoms with E-state index in [4.69, 9.17) is 59.8 Å². The van der Waals surface area contributed by atoms with Gasteiger partial charge in [-0.25, -0.2) is 44.9 Å². The number of hydrogen-bond acceptors (Lipinski definition) is 15. The van der Waals surface area contributed by atoms with Gasteiger partial charge in [0.25, 0.3) is 0 Å². The zero-order valence-corrected chi connectivity index (χ0v) is 71.4. The van der Waals surface area contributed by atoms with Crippen molar-refractivity contribution in [3.05, 3.63) is 419 Å². The molecule has 26 rings (SSSR count). The standard InChI is InChI=1S/C43H29N5.C39H23N7.C35H21N3/c1-26-15-19-29(20-16-26)41-46-42(30-21-17-27(2)18-22-30)48-43(47-41)40-33-12-6-5-11-32(33)36(25-44-40)39-35-24-23-28-9-3-4-10-31(28)38(35)34-13-7-8-14-37(34)45-39;1-2-8-27-24(7-1)13-14-31-34(27)30-11-5-6-12-33(30)43-35(31)32-23-42-36(29-10-4-3-9-28(29)32)39-45-37(25-15-19-40-20-16-25)44-38(46-39)26-17-21-41-22-18-26;1-2-10-23-22(9-1)17-18-29-33(23)28-14-6-8-16-32(28)38-35(29)30-21-37-34(26-13-4-3-11-24(26)30)27-19-20-36-31-15-7-5-12-25(27)31/h3-25H,1-2H3;1-23H;1-21H. The molecule has 0 saturated carbocycles. The molecular formula is C117H73N15. The topological polar surface area (TPSA) is 193 Å². The number of pyridine rings is 9. The van der Waals surface area contributed by atoms with Crippen molar-refractivity contribution >= 4 is 141 Å². The summed E-state index contributed by atoms with van der Waals surface area (Å²) in [5, 5.41) is 24.9. The van der Waals surface area contributed by atoms with Crippen LogP contribution in [0.4, 0.5) is 0 Å². The Bertz CT molecular complexity index is 8960. The Balaban J connectivity index is 0.000000110. The lowest BCUT2D eigenvalue weighted by Gasteiger charge is -2.15. The van der Waals surface area contributed by atoms with Gasteiger partial charge in [-0.1, -0.05) is 314 Å². The van der Waals surface area contributed by atoms with Gasteiger partial charge in [0.15, 0.2) is 34.9 Å². The van der Waals surface area contributed by atoms with Gasteiger partial charge in [-0.3, -0.25) is 29.9 Å². The Morgan fingerprint density at radius 3 is 0.803 bits per heavy atom. The third kappa shape index (κ3) is 13.8. The van der Waals surface area contributed by atoms with Crippen LogP contribution >= 0.6 is 0 Å². The van der Waals surface area contributed by atoms with E-state index in [0.29, 0.717) is 46.3 Å². The Kier molecular flexibility index (Phi) is 19.3. The van der Waals surface area contributed by atoms with Gasteiger partial charge < -0.3 is 0 Å². The van der Waals surface area contributed by atoms with Gasteiger partial charge in [0, 0.05) is 164 Å². The molecule has 26 aromatic rings. The average Bonchev–Trinajstić information content (AvgIpc) is 0.734. The summed E-state index contributed by atoms with van der Waals surface area (Å²) in [5.74, 6) is 3.32. The minimum atomic E-state index is 0.485. The number of fused-ring (bicyclic) bond motifs is 19. The number of para-hydroxylation sites is 4. The van der Waals surface area contributed by atoms with Crippen LogP contribution in [0.3, 0.4) is 0 Å². The normalized spacial score (nSPS) is 11.6. The molecule has 15 nitrogen and oxygen atoms in total. The second-order valence-corrected chi connectivity index (χ2v) is 33.0. The third-order valence-corrected chi connectivity index (χ3v) is 25.0. The molecule has 0 aliphatic rings. The maximum absolute atomic E-state index is 5.27. The first-order valence-electron chi connectivity index (χ1n) is 43.9. The Morgan fingerprint density at radius 2 is 0.439 bits per heavy atom. The summed E-state index contributed by atoms with van der Waals surface area (Å²) in [5.41, 5.74) is 18.9. The van der Waals surface area contributed by atoms with Crippen molar-refractivity contribution < 1.29 is 0 Å². The molecule has 11 heterocycles. The lowest BCUT2D eigenvalue weighted by atomic mass is 9.93. The van der Waals surface area contributed by atoms with E-state index in [9.17, 15) is 0 Å². The molecule has 0 unspecified atom stereocenters. The molecule has 0 amide bonds. The molecule has 0 aliphatic heterocycles. The number of aryl methyl sites for hydroxylation is 2. The molecular weight excluding hydrogens is 1620 g/mol. The van der Waals surface area contributed by atoms with Crippen molar-refractivity contribution in [2.75, 3.05) is 0 Å². The predicted octanol–water partition coefficient (Wildman–Crippen LogP) is 28.3. The SMILES string of the molecule is Cc1ccc(-c2nc(-c3ccc(C)cc3)nc(-c3ncc(-c4nc5ccccc5c5c4ccc4ccccc45)c4ccccc34)n2)cc1.c1ccc2c(c1)ccc1c(-c3cnc(-c4ccnc5ccccc45)c4ccccc34)nc3ccccc3c12.c1ccc2c(c1)ccc1c(-c3cnc(-c4nc(-c5ccncc5)nc(-c5ccncc5)n4)c4ccccc34)nc3ccccc3c12. The molecule has 15 heteroatoms. The molecule has 132 heavy (non-hydrogen) atoms. The van der Waals surface area contributed by atoms with Crippen LogP contribution in [-0.4, -0.2) is 74.8 Å². The van der Waals surface area contributed by atoms with Crippen LogP contribution in [-0.2, 0) is 0 Å². The number of nitrogens with zero attached hydrogens (tertiary/aromatic N) is 15. The summed E-state index contributed by atoms with van der Waals surface area (Å²) >= 11 is 0. The van der Waals surface area contributed by atoms with E-state index in [0.717, 1.165) is 154 Å². The molecule has 0 fully saturated rings. The third-order valence-electron chi connectivity index (χ3n) is 25.0. The number of rotatable bonds is 10. The second-order valence-electron chi connectivity index (χ2n) is 33.0. The summed E-state index contributed by atoms with van der Waals surface area (Å²) in [7, 11) is 0. The first kappa shape index (κ1) is 77.6. The Morgan fingerprint density at radius 1 is 0.159 bits per heavy atom. The molecule has 0 atom stereocenters. The number of hydrogen-bond donors (Lipinski definition) is 0. The van der Waals surface area contributed by atoms with Crippen molar-refractivity contribution in [3.63, 3.8) is 0 Å². The highest BCUT2D eigenvalue weighted by atomic mass is 15.1. The molecule has 0 aliphatic carbocycles. The van der Waals surface area contributed by atoms with Crippen LogP contribution in [0, 0.1) is 13.8 Å². The monoisotopic (exact) mass is 1690 g/mol. The van der Waals surface area contributed by atoms with E-state index >= 15 is 0 Å². The largest absolute Gasteiger partial charge is 0.265 e. The highest BCUT2D eigenvalue weighted by molar-refractivity contribution is 6.27. The van der Waals surface area contributed by atoms with E-state index in [1.165, 1.54) is 65.0 Å². The van der Waals surface area contributed by atoms with Crippen molar-refractivity contribution in [3.8, 4) is 114 Å². The van der Waals surface area contributed by atoms with Crippen molar-refractivity contribution in [1.29, 1.82) is 0 Å². The van der Waals surface area contributed by atoms with Crippen LogP contribution in [0.15, 0.2) is 407 Å². The molecule has 0 N–H and O–H groups in total. The first-order chi connectivity index (χ1) is 65.3. The van der Waals surface area contributed by atoms with Crippen molar-refractivity contribution in [1.82, 2.24) is 74.8 Å². The summed E-state index contributed by atoms with van der Waals surface area (Å²) in [6.07, 6.45) is 14.6. The van der Waals surface area contributed by atoms with E-state index in [1.54, 1.807) is 24.8 Å². The van der Waals surface area contributed by atoms with Crippen molar-refractivity contribution in [2.45, 2.75) is 13.8 Å². The highest BCUT2D eigenvalue weighted by Gasteiger charge is 2.26. The van der Waals surface area contributed by atoms with Crippen LogP contribution in [0.5, 0.6) is 0 Å². The maximum atomic E-state index is 5.27. The second kappa shape index (κ2) is 32.8. The quantitative estimate of drug-likeness (QED) is 0.117. The molecule has 616 valence electrons. The summed E-state index contributed by atoms with van der Waals surface area (Å²) in [4.78, 5) is 73.6. The van der Waals surface area contributed by atoms with Crippen LogP contribution in [0.1, 0.15) is 11.1 Å². The molecule has 0 bridgehead atoms. The van der Waals surface area contributed by atoms with E-state index in [1.807, 2.05) is 91.5 Å². The van der Waals surface area contributed by atoms with Gasteiger partial charge in [0.05, 0.1) is 44.8 Å². The molecule has 15 aromatic carbocycles. The Hall–Kier alpha value is -18.0. The minimum absolute atomic E-state index is 0.485. The van der Waals surface area contributed by atoms with Gasteiger partial charge in [-0.05, 0) is 117 Å². The fourth-order valence-corrected chi connectivity index (χ4v) is 18.7. The Labute approximate surface area is 756 Å². The number of aromatic nitrogens is 15. The molecule has 11 aromatic heterocycles. The molecule has 0 saturated heterocycles. The lowest BCUT2D eigenvalue weighted by molar-refractivity contribution is 1.06. The summed E-state index contributed by atoms with van der Waals surface area (Å²) < 4.78 is 0. The fraction of sp³-hybridized carbons (Fsp3) is 0.0171. The number of benzene rings is 15. The smallest absolute Gasteiger partial charge is 0.183 e. The van der Waals surface area contributed by atoms with Crippen LogP contribution < -0.4 is 0 Å². The zero-order chi connectivity index (χ0) is 87.7. The van der Waals surface area contributed by atoms with Crippen LogP contribution in [0.2, 0.25) is 0 Å². The van der Waals surface area contributed by atoms with Gasteiger partial charge in [0.2, 0.25) is 0 Å². The van der Waals surface area contributed by atoms with E-state index in [-0.39, 0.29) is 0 Å². The lowest BCUT2D eigenvalue weighted by Crippen LogP contribution is -2.02. The predicted molar refractivity (Wildman–Crippen MR) is 538 cm³/mol. The van der Waals surface area contributed by atoms with Gasteiger partial charge in [-0.15, -0.1) is 0 Å². The molecule has 0 spiro atoms. The van der Waals surface area contributed by atoms with Gasteiger partial charge in [-0.2, -0.15) is 0 Å². The fourth-order valence-electron chi connectivity index (χ4n) is 18.7. The molecule has 0 radical (unpaired) electrons. The van der Waals surface area contributed by atoms with E-state index in [2.05, 4.69) is 320 Å². The highest BCUT2D eigenvalue weighted by Crippen LogP contribution is 2.46. The first-order valence-corrected chi connectivity index (χ1v) is 43.9. The van der Waals surface area contributed by atoms with Gasteiger partial charge >= 0.3 is 0 Å². The van der Waals surface area contributed by atoms with Gasteiger partial charge in [0.1, 0.15) is 11.4 Å². The van der Waals surface area contributed by atoms with Crippen molar-refractivity contribution in [2.24, 2.45) is 0 Å². The zero-order valence-electron chi connectivity index (χ0n) is 71.4. The maximum Gasteiger partial charge on any atom is 0.183 e.